The Morgan fingerprint density at radius 1 is 0.139 bits per heavy atom. The smallest absolute Gasteiger partial charge is 0.160 e. The summed E-state index contributed by atoms with van der Waals surface area (Å²) in [6.07, 6.45) is 0. The van der Waals surface area contributed by atoms with Gasteiger partial charge in [0.05, 0.1) is 78.3 Å². The van der Waals surface area contributed by atoms with Crippen LogP contribution in [0.3, 0.4) is 0 Å². The summed E-state index contributed by atoms with van der Waals surface area (Å²) < 4.78 is 9.60. The van der Waals surface area contributed by atoms with Gasteiger partial charge in [-0.25, -0.2) is 29.9 Å². The van der Waals surface area contributed by atoms with Gasteiger partial charge in [0.15, 0.2) is 17.5 Å². The maximum atomic E-state index is 5.18. The second kappa shape index (κ2) is 29.9. The largest absolute Gasteiger partial charge is 0.309 e. The predicted octanol–water partition coefficient (Wildman–Crippen LogP) is 28.3. The summed E-state index contributed by atoms with van der Waals surface area (Å²) in [7, 11) is 0. The van der Waals surface area contributed by atoms with Crippen LogP contribution in [0.2, 0.25) is 0 Å². The van der Waals surface area contributed by atoms with E-state index in [1.807, 2.05) is 36.4 Å². The summed E-state index contributed by atoms with van der Waals surface area (Å²) in [4.78, 5) is 31.0. The second-order valence-electron chi connectivity index (χ2n) is 30.9. The molecule has 10 heteroatoms. The first kappa shape index (κ1) is 70.8. The minimum atomic E-state index is 0.675. The molecule has 0 radical (unpaired) electrons. The predicted molar refractivity (Wildman–Crippen MR) is 503 cm³/mol. The molecule has 0 spiro atoms. The van der Waals surface area contributed by atoms with Crippen LogP contribution in [-0.4, -0.2) is 48.2 Å². The van der Waals surface area contributed by atoms with Gasteiger partial charge >= 0.3 is 0 Å². The number of hydrogen-bond acceptors (Lipinski definition) is 6. The highest BCUT2D eigenvalue weighted by Crippen LogP contribution is 2.46. The molecule has 0 aliphatic heterocycles. The number of benzene rings is 17. The Bertz CT molecular complexity index is 7740. The first-order valence-electron chi connectivity index (χ1n) is 41.2. The Labute approximate surface area is 702 Å². The van der Waals surface area contributed by atoms with Crippen molar-refractivity contribution in [3.05, 3.63) is 437 Å². The fourth-order valence-corrected chi connectivity index (χ4v) is 18.1. The van der Waals surface area contributed by atoms with Crippen molar-refractivity contribution in [2.75, 3.05) is 0 Å². The lowest BCUT2D eigenvalue weighted by Crippen LogP contribution is -1.98. The van der Waals surface area contributed by atoms with Gasteiger partial charge in [-0.05, 0) is 126 Å². The molecule has 0 N–H and O–H groups in total. The fourth-order valence-electron chi connectivity index (χ4n) is 18.1. The van der Waals surface area contributed by atoms with E-state index < -0.39 is 0 Å². The van der Waals surface area contributed by atoms with Gasteiger partial charge in [-0.3, -0.25) is 0 Å². The molecular formula is C112H72N10. The lowest BCUT2D eigenvalue weighted by Gasteiger charge is -2.13. The molecule has 24 aromatic rings. The van der Waals surface area contributed by atoms with E-state index in [9.17, 15) is 0 Å². The van der Waals surface area contributed by atoms with E-state index in [4.69, 9.17) is 29.9 Å². The van der Waals surface area contributed by atoms with Crippen LogP contribution in [0.4, 0.5) is 0 Å². The van der Waals surface area contributed by atoms with Gasteiger partial charge in [0, 0.05) is 116 Å². The van der Waals surface area contributed by atoms with Gasteiger partial charge in [-0.2, -0.15) is 0 Å². The van der Waals surface area contributed by atoms with E-state index in [2.05, 4.69) is 419 Å². The molecule has 24 rings (SSSR count). The number of hydrogen-bond donors (Lipinski definition) is 0. The summed E-state index contributed by atoms with van der Waals surface area (Å²) in [5, 5.41) is 12.2. The third-order valence-corrected chi connectivity index (χ3v) is 23.6. The Morgan fingerprint density at radius 2 is 0.361 bits per heavy atom. The summed E-state index contributed by atoms with van der Waals surface area (Å²) in [5.74, 6) is 2.04. The van der Waals surface area contributed by atoms with E-state index in [0.717, 1.165) is 140 Å². The summed E-state index contributed by atoms with van der Waals surface area (Å²) in [6.45, 7) is 0. The van der Waals surface area contributed by atoms with Crippen LogP contribution in [0.15, 0.2) is 437 Å². The van der Waals surface area contributed by atoms with Crippen LogP contribution >= 0.6 is 0 Å². The third-order valence-electron chi connectivity index (χ3n) is 23.6. The fraction of sp³-hybridized carbons (Fsp3) is 0. The van der Waals surface area contributed by atoms with Crippen molar-refractivity contribution < 1.29 is 0 Å². The molecule has 0 aliphatic carbocycles. The first-order chi connectivity index (χ1) is 60.5. The average Bonchev–Trinajstić information content (AvgIpc) is 1.55. The standard InChI is InChI=1S/C62H40N6.C50H32N4/c1-5-19-41(20-6-1)51-39-52(42-21-7-2-8-22-42)64-61(63-51)45-27-17-29-47(37-45)67-55-33-15-13-31-49(55)59-57(67)35-36-58-60(59)50-32-14-16-34-56(50)68(58)48-30-18-28-46(38-48)62-65-53(43-23-9-3-10-24-43)40-54(66-62)44-25-11-4-12-26-44;1-3-15-34(16-4-1)42-32-43(35-17-5-2-6-18-35)52-50(51-42)37-20-13-21-38(31-37)53-44-24-11-9-22-40(44)48-46(53)28-29-47-49(48)41-23-10-12-25-45(41)54(47)39-27-26-33-14-7-8-19-36(33)30-39/h1-40H;1-32H. The molecule has 570 valence electrons. The van der Waals surface area contributed by atoms with Gasteiger partial charge in [0.1, 0.15) is 0 Å². The highest BCUT2D eigenvalue weighted by atomic mass is 15.0. The highest BCUT2D eigenvalue weighted by Gasteiger charge is 2.25. The number of aromatic nitrogens is 10. The Morgan fingerprint density at radius 3 is 0.631 bits per heavy atom. The minimum absolute atomic E-state index is 0.675. The second-order valence-corrected chi connectivity index (χ2v) is 30.9. The Balaban J connectivity index is 0.000000145. The van der Waals surface area contributed by atoms with Gasteiger partial charge in [-0.15, -0.1) is 0 Å². The molecule has 0 saturated carbocycles. The number of fused-ring (bicyclic) bond motifs is 15. The van der Waals surface area contributed by atoms with Gasteiger partial charge in [0.25, 0.3) is 0 Å². The zero-order valence-electron chi connectivity index (χ0n) is 66.0. The first-order valence-corrected chi connectivity index (χ1v) is 41.2. The molecular weight excluding hydrogens is 1490 g/mol. The minimum Gasteiger partial charge on any atom is -0.309 e. The average molecular weight is 1560 g/mol. The normalized spacial score (nSPS) is 11.6. The molecule has 17 aromatic carbocycles. The van der Waals surface area contributed by atoms with Gasteiger partial charge in [-0.1, -0.05) is 322 Å². The molecule has 122 heavy (non-hydrogen) atoms. The molecule has 0 unspecified atom stereocenters. The quantitative estimate of drug-likeness (QED) is 0.114. The lowest BCUT2D eigenvalue weighted by atomic mass is 10.1. The number of rotatable bonds is 13. The molecule has 7 aromatic heterocycles. The van der Waals surface area contributed by atoms with Crippen LogP contribution in [0.1, 0.15) is 0 Å². The van der Waals surface area contributed by atoms with Crippen molar-refractivity contribution in [2.24, 2.45) is 0 Å². The van der Waals surface area contributed by atoms with Crippen molar-refractivity contribution in [2.45, 2.75) is 0 Å². The van der Waals surface area contributed by atoms with Crippen molar-refractivity contribution in [1.29, 1.82) is 0 Å². The zero-order chi connectivity index (χ0) is 80.6. The molecule has 0 atom stereocenters. The maximum Gasteiger partial charge on any atom is 0.160 e. The van der Waals surface area contributed by atoms with Crippen LogP contribution < -0.4 is 0 Å². The van der Waals surface area contributed by atoms with E-state index in [0.29, 0.717) is 17.5 Å². The van der Waals surface area contributed by atoms with Gasteiger partial charge < -0.3 is 18.3 Å². The Kier molecular flexibility index (Phi) is 17.3. The number of para-hydroxylation sites is 4. The van der Waals surface area contributed by atoms with E-state index in [1.54, 1.807) is 0 Å². The lowest BCUT2D eigenvalue weighted by molar-refractivity contribution is 1.15. The zero-order valence-corrected chi connectivity index (χ0v) is 66.0. The molecule has 0 amide bonds. The van der Waals surface area contributed by atoms with Crippen molar-refractivity contribution >= 4 is 98.0 Å². The van der Waals surface area contributed by atoms with Crippen LogP contribution in [0.25, 0.3) is 222 Å². The molecule has 0 bridgehead atoms. The molecule has 0 fully saturated rings. The SMILES string of the molecule is c1ccc(-c2cc(-c3ccccc3)nc(-c3cccc(-n4c5ccccc5c5c6c7ccccc7n(-c7ccc8ccccc8c7)c6ccc54)c3)n2)cc1.c1ccc(-c2cc(-c3ccccc3)nc(-c3cccc(-n4c5ccccc5c5c6c7ccccc7n(-c7cccc(-c8nc(-c9ccccc9)cc(-c9ccccc9)n8)c7)c6ccc54)c3)n2)cc1. The molecule has 0 saturated heterocycles. The van der Waals surface area contributed by atoms with Crippen LogP contribution in [0, 0.1) is 0 Å². The van der Waals surface area contributed by atoms with Crippen LogP contribution in [0.5, 0.6) is 0 Å². The number of nitrogens with zero attached hydrogens (tertiary/aromatic N) is 10. The summed E-state index contributed by atoms with van der Waals surface area (Å²) in [5.41, 5.74) is 27.9. The monoisotopic (exact) mass is 1560 g/mol. The van der Waals surface area contributed by atoms with Crippen molar-refractivity contribution in [1.82, 2.24) is 48.2 Å². The van der Waals surface area contributed by atoms with E-state index in [1.165, 1.54) is 64.9 Å². The van der Waals surface area contributed by atoms with E-state index >= 15 is 0 Å². The van der Waals surface area contributed by atoms with Crippen LogP contribution in [-0.2, 0) is 0 Å². The third kappa shape index (κ3) is 12.4. The molecule has 7 heterocycles. The Hall–Kier alpha value is -16.6. The topological polar surface area (TPSA) is 97.1 Å². The highest BCUT2D eigenvalue weighted by molar-refractivity contribution is 6.30. The van der Waals surface area contributed by atoms with E-state index in [-0.39, 0.29) is 0 Å². The summed E-state index contributed by atoms with van der Waals surface area (Å²) >= 11 is 0. The maximum absolute atomic E-state index is 5.18. The van der Waals surface area contributed by atoms with Crippen molar-refractivity contribution in [3.8, 4) is 124 Å². The summed E-state index contributed by atoms with van der Waals surface area (Å²) in [6, 6.07) is 154. The van der Waals surface area contributed by atoms with Crippen molar-refractivity contribution in [3.63, 3.8) is 0 Å². The molecule has 0 aliphatic rings. The van der Waals surface area contributed by atoms with Gasteiger partial charge in [0.2, 0.25) is 0 Å². The molecule has 10 nitrogen and oxygen atoms in total.